The summed E-state index contributed by atoms with van der Waals surface area (Å²) in [6.07, 6.45) is -2.21. The third-order valence-corrected chi connectivity index (χ3v) is 2.04. The summed E-state index contributed by atoms with van der Waals surface area (Å²) in [5, 5.41) is 10.7. The predicted octanol–water partition coefficient (Wildman–Crippen LogP) is 1.84. The van der Waals surface area contributed by atoms with Crippen LogP contribution in [0.15, 0.2) is 0 Å². The molecule has 0 aromatic heterocycles. The highest BCUT2D eigenvalue weighted by Crippen LogP contribution is 2.16. The van der Waals surface area contributed by atoms with Crippen molar-refractivity contribution in [3.63, 3.8) is 0 Å². The molecule has 5 nitrogen and oxygen atoms in total. The first-order chi connectivity index (χ1) is 8.26. The quantitative estimate of drug-likeness (QED) is 0.693. The van der Waals surface area contributed by atoms with Crippen molar-refractivity contribution in [1.29, 1.82) is 0 Å². The molecule has 2 amide bonds. The minimum Gasteiger partial charge on any atom is -0.480 e. The van der Waals surface area contributed by atoms with Gasteiger partial charge in [-0.15, -0.1) is 0 Å². The summed E-state index contributed by atoms with van der Waals surface area (Å²) in [5.41, 5.74) is 0. The van der Waals surface area contributed by atoms with Gasteiger partial charge in [0.25, 0.3) is 0 Å². The van der Waals surface area contributed by atoms with E-state index in [9.17, 15) is 22.8 Å². The van der Waals surface area contributed by atoms with Gasteiger partial charge in [-0.25, -0.2) is 4.79 Å². The van der Waals surface area contributed by atoms with E-state index in [1.165, 1.54) is 0 Å². The van der Waals surface area contributed by atoms with E-state index >= 15 is 0 Å². The van der Waals surface area contributed by atoms with Crippen molar-refractivity contribution in [2.24, 2.45) is 0 Å². The van der Waals surface area contributed by atoms with E-state index in [0.717, 1.165) is 12.8 Å². The molecule has 18 heavy (non-hydrogen) atoms. The molecule has 0 radical (unpaired) electrons. The summed E-state index contributed by atoms with van der Waals surface area (Å²) in [4.78, 5) is 22.0. The highest BCUT2D eigenvalue weighted by Gasteiger charge is 2.33. The van der Waals surface area contributed by atoms with Crippen molar-refractivity contribution in [3.05, 3.63) is 0 Å². The maximum absolute atomic E-state index is 12.1. The summed E-state index contributed by atoms with van der Waals surface area (Å²) in [6.45, 7) is -0.360. The molecule has 0 fully saturated rings. The predicted molar refractivity (Wildman–Crippen MR) is 58.2 cm³/mol. The Labute approximate surface area is 103 Å². The van der Waals surface area contributed by atoms with Gasteiger partial charge in [-0.1, -0.05) is 19.8 Å². The van der Waals surface area contributed by atoms with E-state index in [4.69, 9.17) is 5.11 Å². The van der Waals surface area contributed by atoms with E-state index in [1.54, 1.807) is 0 Å². The zero-order chi connectivity index (χ0) is 14.2. The number of alkyl halides is 3. The van der Waals surface area contributed by atoms with Crippen molar-refractivity contribution < 1.29 is 27.9 Å². The monoisotopic (exact) mass is 270 g/mol. The largest absolute Gasteiger partial charge is 0.480 e. The molecular weight excluding hydrogens is 253 g/mol. The topological polar surface area (TPSA) is 69.6 Å². The number of aliphatic carboxylic acids is 1. The lowest BCUT2D eigenvalue weighted by molar-refractivity contribution is -0.148. The van der Waals surface area contributed by atoms with Crippen molar-refractivity contribution in [2.45, 2.75) is 32.4 Å². The first kappa shape index (κ1) is 16.5. The number of urea groups is 1. The fraction of sp³-hybridized carbons (Fsp3) is 0.800. The lowest BCUT2D eigenvalue weighted by atomic mass is 10.2. The van der Waals surface area contributed by atoms with E-state index in [2.05, 4.69) is 5.32 Å². The van der Waals surface area contributed by atoms with Gasteiger partial charge >= 0.3 is 18.2 Å². The van der Waals surface area contributed by atoms with Crippen LogP contribution in [0.1, 0.15) is 26.2 Å². The highest BCUT2D eigenvalue weighted by atomic mass is 19.4. The molecule has 2 N–H and O–H groups in total. The SMILES string of the molecule is CCCCCNC(=O)N(CC(=O)O)CC(F)(F)F. The minimum atomic E-state index is -4.61. The molecule has 106 valence electrons. The second-order valence-electron chi connectivity index (χ2n) is 3.80. The Hall–Kier alpha value is -1.47. The van der Waals surface area contributed by atoms with Crippen LogP contribution in [-0.2, 0) is 4.79 Å². The second-order valence-corrected chi connectivity index (χ2v) is 3.80. The number of carboxylic acids is 1. The lowest BCUT2D eigenvalue weighted by Crippen LogP contribution is -2.47. The van der Waals surface area contributed by atoms with Gasteiger partial charge in [-0.2, -0.15) is 13.2 Å². The number of nitrogens with one attached hydrogen (secondary N) is 1. The maximum atomic E-state index is 12.1. The number of amides is 2. The third-order valence-electron chi connectivity index (χ3n) is 2.04. The second kappa shape index (κ2) is 7.78. The van der Waals surface area contributed by atoms with Gasteiger partial charge in [0.1, 0.15) is 13.1 Å². The number of carbonyl (C=O) groups excluding carboxylic acids is 1. The zero-order valence-corrected chi connectivity index (χ0v) is 10.1. The number of unbranched alkanes of at least 4 members (excludes halogenated alkanes) is 2. The molecule has 0 aliphatic heterocycles. The van der Waals surface area contributed by atoms with Gasteiger partial charge in [0, 0.05) is 6.54 Å². The van der Waals surface area contributed by atoms with Crippen LogP contribution in [0.5, 0.6) is 0 Å². The summed E-state index contributed by atoms with van der Waals surface area (Å²) in [6, 6.07) is -1.01. The average molecular weight is 270 g/mol. The molecule has 8 heteroatoms. The van der Waals surface area contributed by atoms with Gasteiger partial charge < -0.3 is 15.3 Å². The van der Waals surface area contributed by atoms with Gasteiger partial charge in [-0.3, -0.25) is 4.79 Å². The Balaban J connectivity index is 4.27. The van der Waals surface area contributed by atoms with Crippen LogP contribution >= 0.6 is 0 Å². The van der Waals surface area contributed by atoms with Crippen molar-refractivity contribution in [2.75, 3.05) is 19.6 Å². The van der Waals surface area contributed by atoms with Gasteiger partial charge in [-0.05, 0) is 6.42 Å². The number of rotatable bonds is 7. The van der Waals surface area contributed by atoms with E-state index in [1.807, 2.05) is 6.92 Å². The number of carboxylic acid groups (broad SMARTS) is 1. The van der Waals surface area contributed by atoms with Crippen LogP contribution in [0.4, 0.5) is 18.0 Å². The summed E-state index contributed by atoms with van der Waals surface area (Å²) >= 11 is 0. The summed E-state index contributed by atoms with van der Waals surface area (Å²) in [5.74, 6) is -1.48. The van der Waals surface area contributed by atoms with Crippen LogP contribution in [0.25, 0.3) is 0 Å². The molecule has 0 unspecified atom stereocenters. The van der Waals surface area contributed by atoms with Crippen molar-refractivity contribution >= 4 is 12.0 Å². The molecule has 0 spiro atoms. The normalized spacial score (nSPS) is 11.1. The lowest BCUT2D eigenvalue weighted by Gasteiger charge is -2.22. The fourth-order valence-corrected chi connectivity index (χ4v) is 1.26. The Kier molecular flexibility index (Phi) is 7.14. The van der Waals surface area contributed by atoms with Gasteiger partial charge in [0.2, 0.25) is 0 Å². The Morgan fingerprint density at radius 2 is 1.89 bits per heavy atom. The molecule has 0 aromatic carbocycles. The molecule has 0 bridgehead atoms. The van der Waals surface area contributed by atoms with Crippen LogP contribution in [-0.4, -0.2) is 47.8 Å². The molecular formula is C10H17F3N2O3. The minimum absolute atomic E-state index is 0.230. The van der Waals surface area contributed by atoms with Crippen molar-refractivity contribution in [3.8, 4) is 0 Å². The van der Waals surface area contributed by atoms with Crippen LogP contribution < -0.4 is 5.32 Å². The molecule has 0 heterocycles. The molecule has 0 saturated heterocycles. The van der Waals surface area contributed by atoms with Gasteiger partial charge in [0.15, 0.2) is 0 Å². The number of carbonyl (C=O) groups is 2. The smallest absolute Gasteiger partial charge is 0.406 e. The first-order valence-electron chi connectivity index (χ1n) is 5.57. The zero-order valence-electron chi connectivity index (χ0n) is 10.1. The standard InChI is InChI=1S/C10H17F3N2O3/c1-2-3-4-5-14-9(18)15(6-8(16)17)7-10(11,12)13/h2-7H2,1H3,(H,14,18)(H,16,17). The summed E-state index contributed by atoms with van der Waals surface area (Å²) in [7, 11) is 0. The molecule has 0 saturated carbocycles. The van der Waals surface area contributed by atoms with Crippen LogP contribution in [0.2, 0.25) is 0 Å². The maximum Gasteiger partial charge on any atom is 0.406 e. The Morgan fingerprint density at radius 3 is 2.33 bits per heavy atom. The first-order valence-corrected chi connectivity index (χ1v) is 5.57. The van der Waals surface area contributed by atoms with Crippen molar-refractivity contribution in [1.82, 2.24) is 10.2 Å². The number of hydrogen-bond donors (Lipinski definition) is 2. The van der Waals surface area contributed by atoms with E-state index in [-0.39, 0.29) is 11.4 Å². The average Bonchev–Trinajstić information content (AvgIpc) is 2.20. The number of nitrogens with zero attached hydrogens (tertiary/aromatic N) is 1. The Bertz CT molecular complexity index is 282. The molecule has 0 aliphatic rings. The Morgan fingerprint density at radius 1 is 1.28 bits per heavy atom. The number of halogens is 3. The van der Waals surface area contributed by atoms with E-state index < -0.39 is 31.3 Å². The molecule has 0 aromatic rings. The van der Waals surface area contributed by atoms with Gasteiger partial charge in [0.05, 0.1) is 0 Å². The van der Waals surface area contributed by atoms with Crippen LogP contribution in [0.3, 0.4) is 0 Å². The number of hydrogen-bond acceptors (Lipinski definition) is 2. The molecule has 0 rings (SSSR count). The molecule has 0 aliphatic carbocycles. The highest BCUT2D eigenvalue weighted by molar-refractivity contribution is 5.80. The summed E-state index contributed by atoms with van der Waals surface area (Å²) < 4.78 is 36.4. The molecule has 0 atom stereocenters. The van der Waals surface area contributed by atoms with Crippen LogP contribution in [0, 0.1) is 0 Å². The third kappa shape index (κ3) is 8.66. The van der Waals surface area contributed by atoms with E-state index in [0.29, 0.717) is 6.42 Å². The fourth-order valence-electron chi connectivity index (χ4n) is 1.26.